The van der Waals surface area contributed by atoms with Gasteiger partial charge in [0.15, 0.2) is 0 Å². The van der Waals surface area contributed by atoms with Crippen molar-refractivity contribution >= 4 is 11.4 Å². The van der Waals surface area contributed by atoms with Crippen molar-refractivity contribution < 1.29 is 4.92 Å². The number of nitrogens with zero attached hydrogens (tertiary/aromatic N) is 1. The van der Waals surface area contributed by atoms with E-state index in [1.165, 1.54) is 36.0 Å². The van der Waals surface area contributed by atoms with Crippen molar-refractivity contribution in [3.8, 4) is 11.1 Å². The summed E-state index contributed by atoms with van der Waals surface area (Å²) in [4.78, 5) is 11.8. The van der Waals surface area contributed by atoms with Crippen LogP contribution in [-0.4, -0.2) is 11.5 Å². The fraction of sp³-hybridized carbons (Fsp3) is 0.455. The number of hydrogen-bond donors (Lipinski definition) is 1. The zero-order valence-corrected chi connectivity index (χ0v) is 22.9. The lowest BCUT2D eigenvalue weighted by Crippen LogP contribution is -2.51. The van der Waals surface area contributed by atoms with Crippen LogP contribution in [0.5, 0.6) is 0 Å². The van der Waals surface area contributed by atoms with Gasteiger partial charge in [-0.15, -0.1) is 0 Å². The molecule has 2 aliphatic rings. The summed E-state index contributed by atoms with van der Waals surface area (Å²) in [6.07, 6.45) is 5.85. The van der Waals surface area contributed by atoms with Crippen LogP contribution in [0.1, 0.15) is 81.5 Å². The molecule has 4 nitrogen and oxygen atoms in total. The third kappa shape index (κ3) is 4.56. The lowest BCUT2D eigenvalue weighted by atomic mass is 9.49. The van der Waals surface area contributed by atoms with Crippen LogP contribution in [-0.2, 0) is 11.8 Å². The van der Waals surface area contributed by atoms with E-state index in [1.807, 2.05) is 43.3 Å². The molecule has 0 unspecified atom stereocenters. The van der Waals surface area contributed by atoms with E-state index in [9.17, 15) is 10.1 Å². The molecule has 3 atom stereocenters. The molecule has 194 valence electrons. The summed E-state index contributed by atoms with van der Waals surface area (Å²) in [7, 11) is 0. The lowest BCUT2D eigenvalue weighted by Gasteiger charge is -2.55. The molecule has 3 aromatic rings. The zero-order valence-electron chi connectivity index (χ0n) is 22.9. The van der Waals surface area contributed by atoms with Crippen LogP contribution in [0.3, 0.4) is 0 Å². The smallest absolute Gasteiger partial charge is 0.292 e. The fourth-order valence-electron chi connectivity index (χ4n) is 7.41. The van der Waals surface area contributed by atoms with Crippen LogP contribution in [0.2, 0.25) is 0 Å². The third-order valence-electron chi connectivity index (χ3n) is 9.50. The number of anilines is 1. The van der Waals surface area contributed by atoms with Gasteiger partial charge in [-0.2, -0.15) is 0 Å². The van der Waals surface area contributed by atoms with Gasteiger partial charge in [-0.3, -0.25) is 10.1 Å². The molecular weight excluding hydrogens is 456 g/mol. The molecule has 0 spiro atoms. The van der Waals surface area contributed by atoms with Crippen LogP contribution in [0.15, 0.2) is 60.7 Å². The zero-order chi connectivity index (χ0) is 26.4. The molecule has 1 fully saturated rings. The molecule has 3 aromatic carbocycles. The van der Waals surface area contributed by atoms with Crippen molar-refractivity contribution in [3.63, 3.8) is 0 Å². The summed E-state index contributed by atoms with van der Waals surface area (Å²) in [6, 6.07) is 20.9. The van der Waals surface area contributed by atoms with E-state index in [4.69, 9.17) is 0 Å². The van der Waals surface area contributed by atoms with Crippen molar-refractivity contribution in [2.24, 2.45) is 11.3 Å². The van der Waals surface area contributed by atoms with Crippen LogP contribution < -0.4 is 5.32 Å². The van der Waals surface area contributed by atoms with Crippen molar-refractivity contribution in [2.45, 2.75) is 78.1 Å². The monoisotopic (exact) mass is 496 g/mol. The molecule has 1 saturated carbocycles. The Bertz CT molecular complexity index is 1330. The Hall–Kier alpha value is -3.14. The SMILES string of the molecule is Cc1ccccc1-c1ccc(NC[C@@]2(C)CCC[C@]3(C)c4ccc(C(C)C)cc4CC[C@@H]23)c([N+](=O)[O-])c1. The molecule has 0 bridgehead atoms. The van der Waals surface area contributed by atoms with Gasteiger partial charge in [0.25, 0.3) is 5.69 Å². The largest absolute Gasteiger partial charge is 0.379 e. The molecule has 0 radical (unpaired) electrons. The molecule has 2 aliphatic carbocycles. The number of aryl methyl sites for hydroxylation is 2. The second-order valence-corrected chi connectivity index (χ2v) is 12.2. The molecule has 0 aromatic heterocycles. The van der Waals surface area contributed by atoms with E-state index >= 15 is 0 Å². The maximum Gasteiger partial charge on any atom is 0.292 e. The average Bonchev–Trinajstić information content (AvgIpc) is 2.87. The standard InChI is InChI=1S/C33H40N2O2/c1-22(2)24-11-14-28-26(19-24)13-16-31-32(4,17-8-18-33(28,31)5)21-34-29-15-12-25(20-30(29)35(36)37)27-10-7-6-9-23(27)3/h6-7,9-12,14-15,19-20,22,31,34H,8,13,16-18,21H2,1-5H3/t31-,32+,33+/m0/s1. The van der Waals surface area contributed by atoms with Gasteiger partial charge in [-0.05, 0) is 94.7 Å². The van der Waals surface area contributed by atoms with Crippen molar-refractivity contribution in [3.05, 3.63) is 93.0 Å². The second-order valence-electron chi connectivity index (χ2n) is 12.2. The molecule has 0 amide bonds. The normalized spacial score (nSPS) is 24.9. The van der Waals surface area contributed by atoms with Crippen LogP contribution in [0.25, 0.3) is 11.1 Å². The summed E-state index contributed by atoms with van der Waals surface area (Å²) in [6.45, 7) is 12.2. The van der Waals surface area contributed by atoms with Gasteiger partial charge >= 0.3 is 0 Å². The van der Waals surface area contributed by atoms with Gasteiger partial charge in [-0.25, -0.2) is 0 Å². The van der Waals surface area contributed by atoms with Crippen molar-refractivity contribution in [1.29, 1.82) is 0 Å². The average molecular weight is 497 g/mol. The number of rotatable bonds is 6. The number of fused-ring (bicyclic) bond motifs is 3. The molecule has 0 aliphatic heterocycles. The maximum atomic E-state index is 12.1. The Morgan fingerprint density at radius 2 is 1.84 bits per heavy atom. The molecule has 5 rings (SSSR count). The van der Waals surface area contributed by atoms with Gasteiger partial charge in [0, 0.05) is 12.6 Å². The lowest BCUT2D eigenvalue weighted by molar-refractivity contribution is -0.383. The fourth-order valence-corrected chi connectivity index (χ4v) is 7.41. The highest BCUT2D eigenvalue weighted by Crippen LogP contribution is 2.57. The van der Waals surface area contributed by atoms with Crippen molar-refractivity contribution in [1.82, 2.24) is 0 Å². The highest BCUT2D eigenvalue weighted by Gasteiger charge is 2.51. The highest BCUT2D eigenvalue weighted by molar-refractivity contribution is 5.75. The summed E-state index contributed by atoms with van der Waals surface area (Å²) in [5.74, 6) is 1.09. The van der Waals surface area contributed by atoms with E-state index in [0.717, 1.165) is 36.1 Å². The van der Waals surface area contributed by atoms with Gasteiger partial charge in [-0.1, -0.05) is 82.6 Å². The number of nitro groups is 1. The minimum Gasteiger partial charge on any atom is -0.379 e. The molecule has 0 saturated heterocycles. The summed E-state index contributed by atoms with van der Waals surface area (Å²) in [5, 5.41) is 15.6. The first kappa shape index (κ1) is 25.5. The van der Waals surface area contributed by atoms with Crippen LogP contribution >= 0.6 is 0 Å². The van der Waals surface area contributed by atoms with Crippen molar-refractivity contribution in [2.75, 3.05) is 11.9 Å². The number of benzene rings is 3. The first-order chi connectivity index (χ1) is 17.6. The Labute approximate surface area is 221 Å². The first-order valence-electron chi connectivity index (χ1n) is 13.8. The third-order valence-corrected chi connectivity index (χ3v) is 9.50. The molecule has 1 N–H and O–H groups in total. The van der Waals surface area contributed by atoms with E-state index in [-0.39, 0.29) is 21.4 Å². The van der Waals surface area contributed by atoms with E-state index in [2.05, 4.69) is 51.2 Å². The molecule has 37 heavy (non-hydrogen) atoms. The Balaban J connectivity index is 1.41. The summed E-state index contributed by atoms with van der Waals surface area (Å²) in [5.41, 5.74) is 8.53. The predicted molar refractivity (Wildman–Crippen MR) is 153 cm³/mol. The Morgan fingerprint density at radius 3 is 2.57 bits per heavy atom. The topological polar surface area (TPSA) is 55.2 Å². The Morgan fingerprint density at radius 1 is 1.05 bits per heavy atom. The molecular formula is C33H40N2O2. The minimum absolute atomic E-state index is 0.0734. The molecule has 4 heteroatoms. The van der Waals surface area contributed by atoms with E-state index in [1.54, 1.807) is 6.07 Å². The summed E-state index contributed by atoms with van der Waals surface area (Å²) >= 11 is 0. The van der Waals surface area contributed by atoms with Gasteiger partial charge in [0.1, 0.15) is 5.69 Å². The van der Waals surface area contributed by atoms with Gasteiger partial charge in [0.05, 0.1) is 4.92 Å². The quantitative estimate of drug-likeness (QED) is 0.274. The van der Waals surface area contributed by atoms with E-state index in [0.29, 0.717) is 17.5 Å². The van der Waals surface area contributed by atoms with Crippen LogP contribution in [0, 0.1) is 28.4 Å². The minimum atomic E-state index is -0.249. The second kappa shape index (κ2) is 9.63. The number of nitro benzene ring substituents is 1. The van der Waals surface area contributed by atoms with Crippen LogP contribution in [0.4, 0.5) is 11.4 Å². The number of nitrogens with one attached hydrogen (secondary N) is 1. The van der Waals surface area contributed by atoms with Gasteiger partial charge in [0.2, 0.25) is 0 Å². The Kier molecular flexibility index (Phi) is 6.64. The number of hydrogen-bond acceptors (Lipinski definition) is 3. The van der Waals surface area contributed by atoms with E-state index < -0.39 is 0 Å². The molecule has 0 heterocycles. The summed E-state index contributed by atoms with van der Waals surface area (Å²) < 4.78 is 0. The first-order valence-corrected chi connectivity index (χ1v) is 13.8. The maximum absolute atomic E-state index is 12.1. The van der Waals surface area contributed by atoms with Gasteiger partial charge < -0.3 is 5.32 Å². The predicted octanol–water partition coefficient (Wildman–Crippen LogP) is 8.82. The highest BCUT2D eigenvalue weighted by atomic mass is 16.6.